The summed E-state index contributed by atoms with van der Waals surface area (Å²) in [7, 11) is 0. The van der Waals surface area contributed by atoms with Gasteiger partial charge < -0.3 is 9.47 Å². The maximum Gasteiger partial charge on any atom is 0.305 e. The van der Waals surface area contributed by atoms with Gasteiger partial charge in [0.25, 0.3) is 0 Å². The molecule has 106 valence electrons. The van der Waals surface area contributed by atoms with Gasteiger partial charge in [-0.3, -0.25) is 4.79 Å². The van der Waals surface area contributed by atoms with E-state index in [1.54, 1.807) is 6.92 Å². The Hall–Kier alpha value is -1.22. The maximum absolute atomic E-state index is 11.0. The van der Waals surface area contributed by atoms with E-state index in [-0.39, 0.29) is 5.97 Å². The van der Waals surface area contributed by atoms with Crippen molar-refractivity contribution < 1.29 is 14.3 Å². The second-order valence-electron chi connectivity index (χ2n) is 4.31. The molecule has 1 rings (SSSR count). The highest BCUT2D eigenvalue weighted by molar-refractivity contribution is 6.17. The molecule has 0 amide bonds. The van der Waals surface area contributed by atoms with Gasteiger partial charge in [0.15, 0.2) is 0 Å². The van der Waals surface area contributed by atoms with Crippen molar-refractivity contribution in [2.45, 2.75) is 33.1 Å². The zero-order chi connectivity index (χ0) is 14.1. The molecule has 19 heavy (non-hydrogen) atoms. The van der Waals surface area contributed by atoms with Crippen molar-refractivity contribution in [1.82, 2.24) is 0 Å². The molecule has 0 saturated heterocycles. The van der Waals surface area contributed by atoms with E-state index in [4.69, 9.17) is 21.1 Å². The van der Waals surface area contributed by atoms with E-state index in [0.29, 0.717) is 25.5 Å². The number of ether oxygens (including phenoxy) is 2. The van der Waals surface area contributed by atoms with Crippen molar-refractivity contribution >= 4 is 17.6 Å². The van der Waals surface area contributed by atoms with Crippen molar-refractivity contribution in [1.29, 1.82) is 0 Å². The minimum atomic E-state index is -0.155. The molecule has 0 aromatic heterocycles. The average molecular weight is 285 g/mol. The lowest BCUT2D eigenvalue weighted by molar-refractivity contribution is -0.143. The van der Waals surface area contributed by atoms with Crippen LogP contribution in [0.5, 0.6) is 5.75 Å². The summed E-state index contributed by atoms with van der Waals surface area (Å²) < 4.78 is 10.7. The zero-order valence-corrected chi connectivity index (χ0v) is 12.3. The Balaban J connectivity index is 2.44. The van der Waals surface area contributed by atoms with Crippen LogP contribution in [-0.2, 0) is 16.0 Å². The molecule has 0 heterocycles. The maximum atomic E-state index is 11.0. The minimum absolute atomic E-state index is 0.155. The largest absolute Gasteiger partial charge is 0.493 e. The van der Waals surface area contributed by atoms with Crippen LogP contribution >= 0.6 is 11.6 Å². The highest BCUT2D eigenvalue weighted by Crippen LogP contribution is 2.19. The number of esters is 1. The normalized spacial score (nSPS) is 10.3. The number of carbonyl (C=O) groups excluding carboxylic acids is 1. The van der Waals surface area contributed by atoms with Crippen LogP contribution in [0.3, 0.4) is 0 Å². The Morgan fingerprint density at radius 3 is 2.74 bits per heavy atom. The molecule has 0 N–H and O–H groups in total. The Labute approximate surface area is 119 Å². The van der Waals surface area contributed by atoms with E-state index in [1.807, 2.05) is 19.1 Å². The van der Waals surface area contributed by atoms with E-state index >= 15 is 0 Å². The molecule has 0 aliphatic carbocycles. The third kappa shape index (κ3) is 5.97. The lowest BCUT2D eigenvalue weighted by atomic mass is 10.1. The molecule has 0 aliphatic rings. The van der Waals surface area contributed by atoms with E-state index < -0.39 is 0 Å². The molecule has 4 heteroatoms. The number of hydrogen-bond acceptors (Lipinski definition) is 3. The van der Waals surface area contributed by atoms with Crippen LogP contribution in [0.4, 0.5) is 0 Å². The third-order valence-corrected chi connectivity index (χ3v) is 2.98. The second-order valence-corrected chi connectivity index (χ2v) is 4.69. The summed E-state index contributed by atoms with van der Waals surface area (Å²) in [4.78, 5) is 11.0. The van der Waals surface area contributed by atoms with Crippen molar-refractivity contribution in [2.75, 3.05) is 19.1 Å². The number of hydrogen-bond donors (Lipinski definition) is 0. The number of rotatable bonds is 8. The van der Waals surface area contributed by atoms with Gasteiger partial charge in [0.05, 0.1) is 13.2 Å². The summed E-state index contributed by atoms with van der Waals surface area (Å²) in [5.74, 6) is 1.34. The quantitative estimate of drug-likeness (QED) is 0.416. The lowest BCUT2D eigenvalue weighted by Gasteiger charge is -2.10. The van der Waals surface area contributed by atoms with Crippen LogP contribution in [0.25, 0.3) is 0 Å². The van der Waals surface area contributed by atoms with Gasteiger partial charge in [-0.15, -0.1) is 11.6 Å². The van der Waals surface area contributed by atoms with Gasteiger partial charge in [0, 0.05) is 18.7 Å². The third-order valence-electron chi connectivity index (χ3n) is 2.72. The molecule has 0 fully saturated rings. The molecule has 0 radical (unpaired) electrons. The van der Waals surface area contributed by atoms with E-state index in [2.05, 4.69) is 6.07 Å². The Morgan fingerprint density at radius 1 is 1.32 bits per heavy atom. The molecule has 3 nitrogen and oxygen atoms in total. The summed E-state index contributed by atoms with van der Waals surface area (Å²) in [6.45, 7) is 4.87. The van der Waals surface area contributed by atoms with Gasteiger partial charge in [-0.05, 0) is 30.5 Å². The molecular formula is C15H21ClO3. The van der Waals surface area contributed by atoms with Crippen LogP contribution in [0.1, 0.15) is 30.9 Å². The van der Waals surface area contributed by atoms with E-state index in [1.165, 1.54) is 0 Å². The Bertz CT molecular complexity index is 404. The molecule has 0 bridgehead atoms. The number of carbonyl (C=O) groups is 1. The SMILES string of the molecule is CCC(=O)OCCc1ccc(OCCCCl)c(C)c1. The van der Waals surface area contributed by atoms with Crippen LogP contribution in [-0.4, -0.2) is 25.1 Å². The number of alkyl halides is 1. The highest BCUT2D eigenvalue weighted by atomic mass is 35.5. The molecule has 1 aromatic rings. The first-order valence-corrected chi connectivity index (χ1v) is 7.14. The fourth-order valence-corrected chi connectivity index (χ4v) is 1.76. The predicted molar refractivity (Wildman–Crippen MR) is 77.0 cm³/mol. The standard InChI is InChI=1S/C15H21ClO3/c1-3-15(17)19-10-7-13-5-6-14(12(2)11-13)18-9-4-8-16/h5-6,11H,3-4,7-10H2,1-2H3. The highest BCUT2D eigenvalue weighted by Gasteiger charge is 2.03. The predicted octanol–water partition coefficient (Wildman–Crippen LogP) is 3.50. The second kappa shape index (κ2) is 8.81. The van der Waals surface area contributed by atoms with Gasteiger partial charge in [-0.1, -0.05) is 19.1 Å². The summed E-state index contributed by atoms with van der Waals surface area (Å²) >= 11 is 5.61. The van der Waals surface area contributed by atoms with Crippen LogP contribution in [0, 0.1) is 6.92 Å². The summed E-state index contributed by atoms with van der Waals surface area (Å²) in [6.07, 6.45) is 2.00. The fourth-order valence-electron chi connectivity index (χ4n) is 1.65. The van der Waals surface area contributed by atoms with Gasteiger partial charge in [-0.2, -0.15) is 0 Å². The van der Waals surface area contributed by atoms with Crippen molar-refractivity contribution in [3.63, 3.8) is 0 Å². The molecule has 0 aliphatic heterocycles. The van der Waals surface area contributed by atoms with Crippen LogP contribution in [0.15, 0.2) is 18.2 Å². The zero-order valence-electron chi connectivity index (χ0n) is 11.6. The van der Waals surface area contributed by atoms with Crippen molar-refractivity contribution in [3.05, 3.63) is 29.3 Å². The molecule has 0 atom stereocenters. The van der Waals surface area contributed by atoms with Gasteiger partial charge in [-0.25, -0.2) is 0 Å². The lowest BCUT2D eigenvalue weighted by Crippen LogP contribution is -2.06. The molecule has 1 aromatic carbocycles. The average Bonchev–Trinajstić information content (AvgIpc) is 2.41. The van der Waals surface area contributed by atoms with E-state index in [0.717, 1.165) is 29.7 Å². The number of halogens is 1. The van der Waals surface area contributed by atoms with Crippen LogP contribution < -0.4 is 4.74 Å². The topological polar surface area (TPSA) is 35.5 Å². The first-order chi connectivity index (χ1) is 9.17. The summed E-state index contributed by atoms with van der Waals surface area (Å²) in [5, 5.41) is 0. The summed E-state index contributed by atoms with van der Waals surface area (Å²) in [6, 6.07) is 6.03. The van der Waals surface area contributed by atoms with Crippen molar-refractivity contribution in [2.24, 2.45) is 0 Å². The smallest absolute Gasteiger partial charge is 0.305 e. The first kappa shape index (κ1) is 15.8. The first-order valence-electron chi connectivity index (χ1n) is 6.61. The van der Waals surface area contributed by atoms with E-state index in [9.17, 15) is 4.79 Å². The van der Waals surface area contributed by atoms with Gasteiger partial charge >= 0.3 is 5.97 Å². The Kier molecular flexibility index (Phi) is 7.34. The minimum Gasteiger partial charge on any atom is -0.493 e. The van der Waals surface area contributed by atoms with Gasteiger partial charge in [0.1, 0.15) is 5.75 Å². The molecular weight excluding hydrogens is 264 g/mol. The molecule has 0 spiro atoms. The Morgan fingerprint density at radius 2 is 2.11 bits per heavy atom. The monoisotopic (exact) mass is 284 g/mol. The molecule has 0 saturated carbocycles. The van der Waals surface area contributed by atoms with Gasteiger partial charge in [0.2, 0.25) is 0 Å². The number of benzene rings is 1. The van der Waals surface area contributed by atoms with Crippen molar-refractivity contribution in [3.8, 4) is 5.75 Å². The molecule has 0 unspecified atom stereocenters. The summed E-state index contributed by atoms with van der Waals surface area (Å²) in [5.41, 5.74) is 2.24. The fraction of sp³-hybridized carbons (Fsp3) is 0.533. The number of aryl methyl sites for hydroxylation is 1. The van der Waals surface area contributed by atoms with Crippen LogP contribution in [0.2, 0.25) is 0 Å².